The van der Waals surface area contributed by atoms with E-state index in [2.05, 4.69) is 32.5 Å². The number of aromatic nitrogens is 2. The van der Waals surface area contributed by atoms with E-state index in [0.717, 1.165) is 43.4 Å². The van der Waals surface area contributed by atoms with Gasteiger partial charge in [0.1, 0.15) is 5.82 Å². The van der Waals surface area contributed by atoms with Crippen molar-refractivity contribution >= 4 is 29.9 Å². The predicted octanol–water partition coefficient (Wildman–Crippen LogP) is 2.82. The number of likely N-dealkylation sites (tertiary alicyclic amines) is 1. The van der Waals surface area contributed by atoms with Gasteiger partial charge in [0, 0.05) is 38.8 Å². The van der Waals surface area contributed by atoms with E-state index in [-0.39, 0.29) is 29.8 Å². The first-order valence-electron chi connectivity index (χ1n) is 9.68. The molecule has 1 aromatic carbocycles. The van der Waals surface area contributed by atoms with E-state index in [1.165, 1.54) is 31.5 Å². The highest BCUT2D eigenvalue weighted by Gasteiger charge is 2.22. The highest BCUT2D eigenvalue weighted by Crippen LogP contribution is 2.15. The summed E-state index contributed by atoms with van der Waals surface area (Å²) in [6.45, 7) is 6.20. The van der Waals surface area contributed by atoms with Crippen molar-refractivity contribution in [1.29, 1.82) is 0 Å². The minimum atomic E-state index is -0.242. The Morgan fingerprint density at radius 2 is 2.04 bits per heavy atom. The number of rotatable bonds is 7. The summed E-state index contributed by atoms with van der Waals surface area (Å²) in [5.74, 6) is 0.588. The molecule has 1 unspecified atom stereocenters. The van der Waals surface area contributed by atoms with Gasteiger partial charge in [0.15, 0.2) is 5.96 Å². The molecule has 1 atom stereocenters. The van der Waals surface area contributed by atoms with Crippen LogP contribution >= 0.6 is 24.0 Å². The van der Waals surface area contributed by atoms with Crippen LogP contribution in [0.2, 0.25) is 0 Å². The molecule has 2 aromatic rings. The summed E-state index contributed by atoms with van der Waals surface area (Å²) in [5.41, 5.74) is 1.83. The Morgan fingerprint density at radius 3 is 2.75 bits per heavy atom. The fourth-order valence-electron chi connectivity index (χ4n) is 3.52. The fraction of sp³-hybridized carbons (Fsp3) is 0.500. The van der Waals surface area contributed by atoms with Crippen LogP contribution in [0.5, 0.6) is 0 Å². The molecule has 0 radical (unpaired) electrons. The van der Waals surface area contributed by atoms with E-state index in [9.17, 15) is 4.39 Å². The van der Waals surface area contributed by atoms with Crippen molar-refractivity contribution in [3.8, 4) is 5.69 Å². The molecule has 1 saturated heterocycles. The first-order chi connectivity index (χ1) is 13.2. The monoisotopic (exact) mass is 500 g/mol. The van der Waals surface area contributed by atoms with E-state index in [1.807, 2.05) is 12.3 Å². The third-order valence-corrected chi connectivity index (χ3v) is 5.04. The largest absolute Gasteiger partial charge is 0.356 e. The van der Waals surface area contributed by atoms with Crippen molar-refractivity contribution in [2.45, 2.75) is 32.2 Å². The molecule has 3 rings (SSSR count). The minimum absolute atomic E-state index is 0. The van der Waals surface area contributed by atoms with E-state index in [4.69, 9.17) is 0 Å². The zero-order chi connectivity index (χ0) is 19.1. The van der Waals surface area contributed by atoms with Crippen LogP contribution in [0.15, 0.2) is 41.5 Å². The zero-order valence-corrected chi connectivity index (χ0v) is 18.9. The molecule has 1 fully saturated rings. The van der Waals surface area contributed by atoms with Crippen LogP contribution in [0.1, 0.15) is 25.5 Å². The maximum atomic E-state index is 13.0. The molecule has 0 saturated carbocycles. The lowest BCUT2D eigenvalue weighted by atomic mass is 10.2. The molecule has 1 aliphatic rings. The summed E-state index contributed by atoms with van der Waals surface area (Å²) in [7, 11) is 1.80. The number of nitrogens with zero attached hydrogens (tertiary/aromatic N) is 4. The molecule has 1 aliphatic heterocycles. The van der Waals surface area contributed by atoms with Crippen molar-refractivity contribution in [1.82, 2.24) is 25.3 Å². The van der Waals surface area contributed by atoms with Crippen LogP contribution in [-0.2, 0) is 6.42 Å². The molecule has 0 amide bonds. The first kappa shape index (κ1) is 22.6. The average Bonchev–Trinajstić information content (AvgIpc) is 3.34. The van der Waals surface area contributed by atoms with Crippen LogP contribution in [0.3, 0.4) is 0 Å². The lowest BCUT2D eigenvalue weighted by Crippen LogP contribution is -2.45. The lowest BCUT2D eigenvalue weighted by Gasteiger charge is -2.23. The molecule has 1 aromatic heterocycles. The smallest absolute Gasteiger partial charge is 0.191 e. The third-order valence-electron chi connectivity index (χ3n) is 5.04. The summed E-state index contributed by atoms with van der Waals surface area (Å²) in [4.78, 5) is 6.82. The number of guanidine groups is 1. The van der Waals surface area contributed by atoms with Gasteiger partial charge in [-0.3, -0.25) is 9.89 Å². The maximum absolute atomic E-state index is 13.0. The first-order valence-corrected chi connectivity index (χ1v) is 9.68. The van der Waals surface area contributed by atoms with Crippen molar-refractivity contribution in [2.75, 3.05) is 33.2 Å². The quantitative estimate of drug-likeness (QED) is 0.349. The van der Waals surface area contributed by atoms with Crippen molar-refractivity contribution in [3.05, 3.63) is 48.0 Å². The molecular weight excluding hydrogens is 470 g/mol. The van der Waals surface area contributed by atoms with Gasteiger partial charge in [-0.2, -0.15) is 5.10 Å². The van der Waals surface area contributed by atoms with Crippen LogP contribution in [0.25, 0.3) is 5.69 Å². The maximum Gasteiger partial charge on any atom is 0.191 e. The SMILES string of the molecule is CCN1CCCC1CNC(=NC)NCCc1ccn(-c2ccc(F)cc2)n1.I. The predicted molar refractivity (Wildman–Crippen MR) is 122 cm³/mol. The molecule has 6 nitrogen and oxygen atoms in total. The Kier molecular flexibility index (Phi) is 9.17. The Hall–Kier alpha value is -1.68. The van der Waals surface area contributed by atoms with E-state index >= 15 is 0 Å². The van der Waals surface area contributed by atoms with E-state index < -0.39 is 0 Å². The summed E-state index contributed by atoms with van der Waals surface area (Å²) in [6, 6.07) is 8.91. The Morgan fingerprint density at radius 1 is 1.25 bits per heavy atom. The normalized spacial score (nSPS) is 17.4. The average molecular weight is 500 g/mol. The van der Waals surface area contributed by atoms with Gasteiger partial charge in [0.2, 0.25) is 0 Å². The van der Waals surface area contributed by atoms with Crippen LogP contribution in [0, 0.1) is 5.82 Å². The van der Waals surface area contributed by atoms with Crippen LogP contribution in [-0.4, -0.2) is 59.9 Å². The van der Waals surface area contributed by atoms with E-state index in [1.54, 1.807) is 23.9 Å². The number of nitrogens with one attached hydrogen (secondary N) is 2. The molecule has 154 valence electrons. The molecule has 8 heteroatoms. The van der Waals surface area contributed by atoms with Gasteiger partial charge in [-0.25, -0.2) is 9.07 Å². The minimum Gasteiger partial charge on any atom is -0.356 e. The summed E-state index contributed by atoms with van der Waals surface area (Å²) in [5, 5.41) is 11.3. The molecule has 0 spiro atoms. The second-order valence-electron chi connectivity index (χ2n) is 6.78. The zero-order valence-electron chi connectivity index (χ0n) is 16.6. The summed E-state index contributed by atoms with van der Waals surface area (Å²) >= 11 is 0. The van der Waals surface area contributed by atoms with Crippen molar-refractivity contribution in [3.63, 3.8) is 0 Å². The van der Waals surface area contributed by atoms with Crippen molar-refractivity contribution < 1.29 is 4.39 Å². The molecule has 0 aliphatic carbocycles. The van der Waals surface area contributed by atoms with Gasteiger partial charge >= 0.3 is 0 Å². The topological polar surface area (TPSA) is 57.5 Å². The summed E-state index contributed by atoms with van der Waals surface area (Å²) < 4.78 is 14.8. The Labute approximate surface area is 183 Å². The molecule has 2 N–H and O–H groups in total. The van der Waals surface area contributed by atoms with Gasteiger partial charge < -0.3 is 10.6 Å². The Bertz CT molecular complexity index is 745. The second kappa shape index (κ2) is 11.4. The van der Waals surface area contributed by atoms with Gasteiger partial charge in [-0.15, -0.1) is 24.0 Å². The number of benzene rings is 1. The lowest BCUT2D eigenvalue weighted by molar-refractivity contribution is 0.267. The van der Waals surface area contributed by atoms with Crippen LogP contribution in [0.4, 0.5) is 4.39 Å². The Balaban J connectivity index is 0.00000280. The standard InChI is InChI=1S/C20H29FN6.HI/c1-3-26-13-4-5-19(26)15-24-20(22-2)23-12-10-17-11-14-27(25-17)18-8-6-16(21)7-9-18;/h6-9,11,14,19H,3-5,10,12-13,15H2,1-2H3,(H2,22,23,24);1H. The highest BCUT2D eigenvalue weighted by atomic mass is 127. The highest BCUT2D eigenvalue weighted by molar-refractivity contribution is 14.0. The van der Waals surface area contributed by atoms with Gasteiger partial charge in [-0.1, -0.05) is 6.92 Å². The van der Waals surface area contributed by atoms with Crippen LogP contribution < -0.4 is 10.6 Å². The van der Waals surface area contributed by atoms with Gasteiger partial charge in [0.05, 0.1) is 11.4 Å². The van der Waals surface area contributed by atoms with Gasteiger partial charge in [-0.05, 0) is 56.3 Å². The second-order valence-corrected chi connectivity index (χ2v) is 6.78. The van der Waals surface area contributed by atoms with Gasteiger partial charge in [0.25, 0.3) is 0 Å². The summed E-state index contributed by atoms with van der Waals surface area (Å²) in [6.07, 6.45) is 5.22. The molecule has 0 bridgehead atoms. The third kappa shape index (κ3) is 6.16. The number of likely N-dealkylation sites (N-methyl/N-ethyl adjacent to an activating group) is 1. The molecular formula is C20H30FIN6. The van der Waals surface area contributed by atoms with Crippen molar-refractivity contribution in [2.24, 2.45) is 4.99 Å². The number of halogens is 2. The number of hydrogen-bond donors (Lipinski definition) is 2. The number of hydrogen-bond acceptors (Lipinski definition) is 3. The molecule has 28 heavy (non-hydrogen) atoms. The molecule has 2 heterocycles. The number of aliphatic imine (C=N–C) groups is 1. The fourth-order valence-corrected chi connectivity index (χ4v) is 3.52. The van der Waals surface area contributed by atoms with E-state index in [0.29, 0.717) is 6.04 Å².